The van der Waals surface area contributed by atoms with Gasteiger partial charge in [0.05, 0.1) is 12.3 Å². The highest BCUT2D eigenvalue weighted by Crippen LogP contribution is 2.48. The summed E-state index contributed by atoms with van der Waals surface area (Å²) in [5.41, 5.74) is 0.856. The minimum Gasteiger partial charge on any atom is -0.449 e. The first-order valence-corrected chi connectivity index (χ1v) is 10.6. The van der Waals surface area contributed by atoms with Crippen LogP contribution in [0.1, 0.15) is 36.5 Å². The van der Waals surface area contributed by atoms with Gasteiger partial charge in [-0.3, -0.25) is 15.6 Å². The number of nitrogens with one attached hydrogen (secondary N) is 2. The van der Waals surface area contributed by atoms with Crippen molar-refractivity contribution >= 4 is 40.7 Å². The molecule has 0 fully saturated rings. The van der Waals surface area contributed by atoms with Crippen molar-refractivity contribution in [2.75, 3.05) is 11.9 Å². The number of rotatable bonds is 6. The number of carbonyl (C=O) groups excluding carboxylic acids is 1. The Hall–Kier alpha value is -2.42. The summed E-state index contributed by atoms with van der Waals surface area (Å²) < 4.78 is 47.5. The second-order valence-electron chi connectivity index (χ2n) is 7.30. The van der Waals surface area contributed by atoms with Crippen molar-refractivity contribution in [3.8, 4) is 0 Å². The Bertz CT molecular complexity index is 1020. The van der Waals surface area contributed by atoms with Crippen LogP contribution in [0.25, 0.3) is 5.70 Å². The molecule has 1 heterocycles. The molecule has 2 aromatic carbocycles. The van der Waals surface area contributed by atoms with Crippen LogP contribution in [0.15, 0.2) is 42.5 Å². The van der Waals surface area contributed by atoms with Crippen LogP contribution < -0.4 is 10.8 Å². The molecular weight excluding hydrogens is 468 g/mol. The number of halogens is 5. The molecule has 2 aromatic rings. The number of hydroxylamine groups is 1. The molecule has 172 valence electrons. The molecule has 1 amide bonds. The molecule has 0 aromatic heterocycles. The van der Waals surface area contributed by atoms with E-state index in [0.717, 1.165) is 31.1 Å². The maximum atomic E-state index is 14.1. The van der Waals surface area contributed by atoms with Gasteiger partial charge in [0.15, 0.2) is 0 Å². The van der Waals surface area contributed by atoms with Crippen molar-refractivity contribution < 1.29 is 27.5 Å². The standard InChI is InChI=1S/C22H21Cl2F3N2O3/c1-3-4-7-31-20(30)28-18-8-14(6-5-13(18)2)19-12-21(32-29-19,22(25,26)27)15-9-16(23)11-17(24)10-15/h5-6,8-12,29H,3-4,7H2,1-2H3,(H,28,30). The highest BCUT2D eigenvalue weighted by molar-refractivity contribution is 6.34. The topological polar surface area (TPSA) is 59.6 Å². The molecular formula is C22H21Cl2F3N2O3. The fourth-order valence-corrected chi connectivity index (χ4v) is 3.66. The van der Waals surface area contributed by atoms with Crippen LogP contribution in [0.5, 0.6) is 0 Å². The second kappa shape index (κ2) is 9.60. The number of ether oxygens (including phenoxy) is 1. The van der Waals surface area contributed by atoms with E-state index < -0.39 is 17.9 Å². The average Bonchev–Trinajstić information content (AvgIpc) is 3.16. The predicted octanol–water partition coefficient (Wildman–Crippen LogP) is 6.98. The molecule has 3 rings (SSSR count). The third kappa shape index (κ3) is 5.14. The van der Waals surface area contributed by atoms with E-state index >= 15 is 0 Å². The number of unbranched alkanes of at least 4 members (excludes halogenated alkanes) is 1. The van der Waals surface area contributed by atoms with E-state index in [-0.39, 0.29) is 27.9 Å². The second-order valence-corrected chi connectivity index (χ2v) is 8.17. The van der Waals surface area contributed by atoms with E-state index in [1.165, 1.54) is 12.1 Å². The summed E-state index contributed by atoms with van der Waals surface area (Å²) in [6, 6.07) is 8.45. The van der Waals surface area contributed by atoms with Gasteiger partial charge in [-0.15, -0.1) is 0 Å². The van der Waals surface area contributed by atoms with Gasteiger partial charge >= 0.3 is 12.3 Å². The lowest BCUT2D eigenvalue weighted by molar-refractivity contribution is -0.269. The lowest BCUT2D eigenvalue weighted by atomic mass is 9.91. The van der Waals surface area contributed by atoms with Gasteiger partial charge in [-0.25, -0.2) is 4.79 Å². The summed E-state index contributed by atoms with van der Waals surface area (Å²) >= 11 is 11.9. The molecule has 0 saturated heterocycles. The summed E-state index contributed by atoms with van der Waals surface area (Å²) in [5, 5.41) is 2.71. The first-order chi connectivity index (χ1) is 15.1. The Kier molecular flexibility index (Phi) is 7.27. The van der Waals surface area contributed by atoms with Gasteiger partial charge in [-0.1, -0.05) is 48.7 Å². The van der Waals surface area contributed by atoms with E-state index in [9.17, 15) is 18.0 Å². The lowest BCUT2D eigenvalue weighted by Crippen LogP contribution is -2.42. The molecule has 10 heteroatoms. The van der Waals surface area contributed by atoms with Crippen molar-refractivity contribution in [3.05, 3.63) is 69.2 Å². The predicted molar refractivity (Wildman–Crippen MR) is 117 cm³/mol. The SMILES string of the molecule is CCCCOC(=O)Nc1cc(C2=CC(c3cc(Cl)cc(Cl)c3)(C(F)(F)F)ON2)ccc1C. The minimum absolute atomic E-state index is 0.0463. The van der Waals surface area contributed by atoms with Crippen LogP contribution in [-0.4, -0.2) is 18.9 Å². The largest absolute Gasteiger partial charge is 0.449 e. The summed E-state index contributed by atoms with van der Waals surface area (Å²) in [6.07, 6.45) is -2.93. The number of hydrogen-bond acceptors (Lipinski definition) is 4. The zero-order chi connectivity index (χ0) is 23.5. The van der Waals surface area contributed by atoms with E-state index in [1.807, 2.05) is 6.92 Å². The monoisotopic (exact) mass is 488 g/mol. The van der Waals surface area contributed by atoms with E-state index in [4.69, 9.17) is 32.8 Å². The Morgan fingerprint density at radius 2 is 1.88 bits per heavy atom. The molecule has 0 spiro atoms. The lowest BCUT2D eigenvalue weighted by Gasteiger charge is -2.28. The van der Waals surface area contributed by atoms with Gasteiger partial charge in [0, 0.05) is 26.9 Å². The van der Waals surface area contributed by atoms with Gasteiger partial charge in [-0.2, -0.15) is 13.2 Å². The van der Waals surface area contributed by atoms with Crippen LogP contribution in [0, 0.1) is 6.92 Å². The van der Waals surface area contributed by atoms with Gasteiger partial charge in [-0.05, 0) is 49.2 Å². The number of carbonyl (C=O) groups is 1. The third-order valence-corrected chi connectivity index (χ3v) is 5.33. The first kappa shape index (κ1) is 24.2. The zero-order valence-corrected chi connectivity index (χ0v) is 18.8. The molecule has 0 radical (unpaired) electrons. The molecule has 5 nitrogen and oxygen atoms in total. The number of alkyl halides is 3. The van der Waals surface area contributed by atoms with Crippen LogP contribution in [0.3, 0.4) is 0 Å². The first-order valence-electron chi connectivity index (χ1n) is 9.80. The van der Waals surface area contributed by atoms with Gasteiger partial charge in [0.1, 0.15) is 0 Å². The highest BCUT2D eigenvalue weighted by atomic mass is 35.5. The van der Waals surface area contributed by atoms with Crippen LogP contribution in [0.4, 0.5) is 23.7 Å². The fraction of sp³-hybridized carbons (Fsp3) is 0.318. The molecule has 32 heavy (non-hydrogen) atoms. The Morgan fingerprint density at radius 3 is 2.50 bits per heavy atom. The van der Waals surface area contributed by atoms with E-state index in [2.05, 4.69) is 10.8 Å². The number of anilines is 1. The summed E-state index contributed by atoms with van der Waals surface area (Å²) in [5.74, 6) is 0. The van der Waals surface area contributed by atoms with Crippen molar-refractivity contribution in [1.82, 2.24) is 5.48 Å². The molecule has 1 aliphatic rings. The van der Waals surface area contributed by atoms with Crippen molar-refractivity contribution in [2.24, 2.45) is 0 Å². The molecule has 1 aliphatic heterocycles. The number of benzene rings is 2. The molecule has 1 atom stereocenters. The molecule has 0 aliphatic carbocycles. The zero-order valence-electron chi connectivity index (χ0n) is 17.3. The maximum absolute atomic E-state index is 14.1. The Morgan fingerprint density at radius 1 is 1.19 bits per heavy atom. The summed E-state index contributed by atoms with van der Waals surface area (Å²) in [6.45, 7) is 4.00. The maximum Gasteiger partial charge on any atom is 0.428 e. The van der Waals surface area contributed by atoms with E-state index in [1.54, 1.807) is 19.1 Å². The quantitative estimate of drug-likeness (QED) is 0.430. The number of aryl methyl sites for hydroxylation is 1. The van der Waals surface area contributed by atoms with E-state index in [0.29, 0.717) is 16.8 Å². The van der Waals surface area contributed by atoms with Crippen molar-refractivity contribution in [1.29, 1.82) is 0 Å². The van der Waals surface area contributed by atoms with Crippen LogP contribution in [-0.2, 0) is 15.2 Å². The van der Waals surface area contributed by atoms with Gasteiger partial charge < -0.3 is 4.74 Å². The minimum atomic E-state index is -4.81. The van der Waals surface area contributed by atoms with Gasteiger partial charge in [0.2, 0.25) is 5.60 Å². The fourth-order valence-electron chi connectivity index (χ4n) is 3.13. The molecule has 1 unspecified atom stereocenters. The molecule has 0 saturated carbocycles. The third-order valence-electron chi connectivity index (χ3n) is 4.90. The van der Waals surface area contributed by atoms with Crippen molar-refractivity contribution in [2.45, 2.75) is 38.5 Å². The Balaban J connectivity index is 1.95. The number of amides is 1. The van der Waals surface area contributed by atoms with Crippen molar-refractivity contribution in [3.63, 3.8) is 0 Å². The normalized spacial score (nSPS) is 18.2. The van der Waals surface area contributed by atoms with Crippen LogP contribution >= 0.6 is 23.2 Å². The smallest absolute Gasteiger partial charge is 0.428 e. The highest BCUT2D eigenvalue weighted by Gasteiger charge is 2.59. The van der Waals surface area contributed by atoms with Gasteiger partial charge in [0.25, 0.3) is 0 Å². The molecule has 2 N–H and O–H groups in total. The summed E-state index contributed by atoms with van der Waals surface area (Å²) in [7, 11) is 0. The molecule has 0 bridgehead atoms. The number of hydrogen-bond donors (Lipinski definition) is 2. The Labute approximate surface area is 193 Å². The average molecular weight is 489 g/mol. The van der Waals surface area contributed by atoms with Crippen LogP contribution in [0.2, 0.25) is 10.0 Å². The summed E-state index contributed by atoms with van der Waals surface area (Å²) in [4.78, 5) is 17.1.